The quantitative estimate of drug-likeness (QED) is 0.707. The molecule has 0 atom stereocenters. The van der Waals surface area contributed by atoms with Gasteiger partial charge in [0, 0.05) is 20.2 Å². The number of anilines is 2. The van der Waals surface area contributed by atoms with Gasteiger partial charge in [0.25, 0.3) is 0 Å². The molecule has 96 valence electrons. The molecule has 2 aromatic heterocycles. The Hall–Kier alpha value is -2.43. The van der Waals surface area contributed by atoms with Gasteiger partial charge in [0.15, 0.2) is 0 Å². The summed E-state index contributed by atoms with van der Waals surface area (Å²) in [6, 6.07) is 8.54. The normalized spacial score (nSPS) is 10.9. The minimum atomic E-state index is -0.267. The highest BCUT2D eigenvalue weighted by atomic mass is 19.1. The summed E-state index contributed by atoms with van der Waals surface area (Å²) in [5, 5.41) is 0. The van der Waals surface area contributed by atoms with Gasteiger partial charge in [-0.2, -0.15) is 0 Å². The molecule has 0 radical (unpaired) electrons. The molecule has 0 N–H and O–H groups in total. The van der Waals surface area contributed by atoms with Crippen LogP contribution in [0, 0.1) is 5.82 Å². The van der Waals surface area contributed by atoms with E-state index < -0.39 is 0 Å². The second-order valence-electron chi connectivity index (χ2n) is 4.40. The van der Waals surface area contributed by atoms with E-state index in [2.05, 4.69) is 9.97 Å². The number of para-hydroxylation sites is 1. The van der Waals surface area contributed by atoms with Gasteiger partial charge in [-0.3, -0.25) is 0 Å². The van der Waals surface area contributed by atoms with E-state index in [-0.39, 0.29) is 5.82 Å². The third-order valence-corrected chi connectivity index (χ3v) is 3.15. The van der Waals surface area contributed by atoms with Crippen LogP contribution in [-0.2, 0) is 7.05 Å². The first-order valence-electron chi connectivity index (χ1n) is 5.92. The molecule has 3 rings (SSSR count). The molecule has 0 spiro atoms. The lowest BCUT2D eigenvalue weighted by Crippen LogP contribution is -2.12. The number of hydrogen-bond acceptors (Lipinski definition) is 3. The second-order valence-corrected chi connectivity index (χ2v) is 4.40. The highest BCUT2D eigenvalue weighted by molar-refractivity contribution is 5.78. The number of nitrogens with zero attached hydrogens (tertiary/aromatic N) is 4. The van der Waals surface area contributed by atoms with Crippen LogP contribution in [0.25, 0.3) is 11.0 Å². The van der Waals surface area contributed by atoms with Crippen molar-refractivity contribution in [1.29, 1.82) is 0 Å². The highest BCUT2D eigenvalue weighted by Gasteiger charge is 2.11. The molecule has 4 nitrogen and oxygen atoms in total. The first-order valence-corrected chi connectivity index (χ1v) is 5.92. The lowest BCUT2D eigenvalue weighted by Gasteiger charge is -2.18. The number of aryl methyl sites for hydroxylation is 1. The summed E-state index contributed by atoms with van der Waals surface area (Å²) in [5.74, 6) is 0.415. The van der Waals surface area contributed by atoms with Crippen molar-refractivity contribution in [2.45, 2.75) is 0 Å². The summed E-state index contributed by atoms with van der Waals surface area (Å²) in [5.41, 5.74) is 2.29. The molecule has 0 saturated heterocycles. The van der Waals surface area contributed by atoms with Crippen LogP contribution in [0.1, 0.15) is 0 Å². The molecule has 19 heavy (non-hydrogen) atoms. The second kappa shape index (κ2) is 4.35. The number of benzene rings is 1. The molecule has 0 fully saturated rings. The summed E-state index contributed by atoms with van der Waals surface area (Å²) in [6.07, 6.45) is 3.43. The van der Waals surface area contributed by atoms with Gasteiger partial charge in [0.1, 0.15) is 17.2 Å². The fourth-order valence-corrected chi connectivity index (χ4v) is 2.05. The SMILES string of the molecule is CN(c1cc2c(cn1)ncn2C)c1ccccc1F. The van der Waals surface area contributed by atoms with E-state index in [0.29, 0.717) is 11.5 Å². The molecule has 0 aliphatic rings. The van der Waals surface area contributed by atoms with E-state index in [1.807, 2.05) is 17.7 Å². The van der Waals surface area contributed by atoms with Gasteiger partial charge in [-0.1, -0.05) is 12.1 Å². The predicted octanol–water partition coefficient (Wildman–Crippen LogP) is 2.88. The molecule has 3 aromatic rings. The molecule has 0 bridgehead atoms. The third-order valence-electron chi connectivity index (χ3n) is 3.15. The predicted molar refractivity (Wildman–Crippen MR) is 73.0 cm³/mol. The van der Waals surface area contributed by atoms with E-state index in [4.69, 9.17) is 0 Å². The van der Waals surface area contributed by atoms with Crippen LogP contribution in [0.5, 0.6) is 0 Å². The average Bonchev–Trinajstić information content (AvgIpc) is 2.80. The van der Waals surface area contributed by atoms with E-state index in [9.17, 15) is 4.39 Å². The molecule has 0 saturated carbocycles. The summed E-state index contributed by atoms with van der Waals surface area (Å²) in [7, 11) is 3.71. The van der Waals surface area contributed by atoms with Crippen LogP contribution >= 0.6 is 0 Å². The fraction of sp³-hybridized carbons (Fsp3) is 0.143. The molecular formula is C14H13FN4. The Kier molecular flexibility index (Phi) is 2.67. The van der Waals surface area contributed by atoms with E-state index in [1.54, 1.807) is 42.7 Å². The largest absolute Gasteiger partial charge is 0.334 e. The summed E-state index contributed by atoms with van der Waals surface area (Å²) < 4.78 is 15.7. The maximum atomic E-state index is 13.8. The maximum Gasteiger partial charge on any atom is 0.146 e. The van der Waals surface area contributed by atoms with Crippen LogP contribution < -0.4 is 4.90 Å². The minimum absolute atomic E-state index is 0.267. The smallest absolute Gasteiger partial charge is 0.146 e. The lowest BCUT2D eigenvalue weighted by molar-refractivity contribution is 0.627. The Labute approximate surface area is 110 Å². The Morgan fingerprint density at radius 1 is 1.21 bits per heavy atom. The topological polar surface area (TPSA) is 34.0 Å². The number of fused-ring (bicyclic) bond motifs is 1. The van der Waals surface area contributed by atoms with Crippen molar-refractivity contribution in [2.75, 3.05) is 11.9 Å². The van der Waals surface area contributed by atoms with E-state index in [0.717, 1.165) is 11.0 Å². The summed E-state index contributed by atoms with van der Waals surface area (Å²) in [6.45, 7) is 0. The Balaban J connectivity index is 2.08. The van der Waals surface area contributed by atoms with Crippen molar-refractivity contribution < 1.29 is 4.39 Å². The molecule has 0 amide bonds. The van der Waals surface area contributed by atoms with Crippen molar-refractivity contribution >= 4 is 22.5 Å². The van der Waals surface area contributed by atoms with Crippen molar-refractivity contribution in [3.05, 3.63) is 48.7 Å². The van der Waals surface area contributed by atoms with Gasteiger partial charge in [-0.15, -0.1) is 0 Å². The number of aromatic nitrogens is 3. The van der Waals surface area contributed by atoms with Crippen molar-refractivity contribution in [3.63, 3.8) is 0 Å². The zero-order chi connectivity index (χ0) is 13.4. The Morgan fingerprint density at radius 3 is 2.79 bits per heavy atom. The van der Waals surface area contributed by atoms with Crippen LogP contribution in [0.15, 0.2) is 42.9 Å². The first kappa shape index (κ1) is 11.6. The Bertz CT molecular complexity index is 735. The maximum absolute atomic E-state index is 13.8. The van der Waals surface area contributed by atoms with Gasteiger partial charge in [0.2, 0.25) is 0 Å². The van der Waals surface area contributed by atoms with E-state index in [1.165, 1.54) is 6.07 Å². The number of rotatable bonds is 2. The zero-order valence-electron chi connectivity index (χ0n) is 10.7. The minimum Gasteiger partial charge on any atom is -0.334 e. The number of imidazole rings is 1. The third kappa shape index (κ3) is 1.93. The molecular weight excluding hydrogens is 243 g/mol. The Morgan fingerprint density at radius 2 is 2.00 bits per heavy atom. The van der Waals surface area contributed by atoms with Gasteiger partial charge >= 0.3 is 0 Å². The van der Waals surface area contributed by atoms with Crippen LogP contribution in [0.2, 0.25) is 0 Å². The molecule has 5 heteroatoms. The van der Waals surface area contributed by atoms with Crippen molar-refractivity contribution in [3.8, 4) is 0 Å². The van der Waals surface area contributed by atoms with Gasteiger partial charge in [-0.05, 0) is 12.1 Å². The first-order chi connectivity index (χ1) is 9.16. The highest BCUT2D eigenvalue weighted by Crippen LogP contribution is 2.26. The average molecular weight is 256 g/mol. The monoisotopic (exact) mass is 256 g/mol. The van der Waals surface area contributed by atoms with Crippen molar-refractivity contribution in [1.82, 2.24) is 14.5 Å². The molecule has 2 heterocycles. The van der Waals surface area contributed by atoms with E-state index >= 15 is 0 Å². The molecule has 0 aliphatic carbocycles. The fourth-order valence-electron chi connectivity index (χ4n) is 2.05. The number of hydrogen-bond donors (Lipinski definition) is 0. The molecule has 0 unspecified atom stereocenters. The summed E-state index contributed by atoms with van der Waals surface area (Å²) in [4.78, 5) is 10.3. The van der Waals surface area contributed by atoms with Gasteiger partial charge in [0.05, 0.1) is 23.7 Å². The van der Waals surface area contributed by atoms with Crippen molar-refractivity contribution in [2.24, 2.45) is 7.05 Å². The lowest BCUT2D eigenvalue weighted by atomic mass is 10.2. The van der Waals surface area contributed by atoms with Gasteiger partial charge in [-0.25, -0.2) is 14.4 Å². The number of halogens is 1. The van der Waals surface area contributed by atoms with Crippen LogP contribution in [0.4, 0.5) is 15.9 Å². The summed E-state index contributed by atoms with van der Waals surface area (Å²) >= 11 is 0. The standard InChI is InChI=1S/C14H13FN4/c1-18-9-17-11-8-16-14(7-13(11)18)19(2)12-6-4-3-5-10(12)15/h3-9H,1-2H3. The van der Waals surface area contributed by atoms with Crippen LogP contribution in [-0.4, -0.2) is 21.6 Å². The zero-order valence-corrected chi connectivity index (χ0v) is 10.7. The molecule has 0 aliphatic heterocycles. The molecule has 1 aromatic carbocycles. The van der Waals surface area contributed by atoms with Crippen LogP contribution in [0.3, 0.4) is 0 Å². The van der Waals surface area contributed by atoms with Gasteiger partial charge < -0.3 is 9.47 Å². The number of pyridine rings is 1.